The van der Waals surface area contributed by atoms with Crippen LogP contribution in [-0.2, 0) is 5.41 Å². The van der Waals surface area contributed by atoms with Gasteiger partial charge < -0.3 is 10.8 Å². The molecule has 3 rings (SSSR count). The Morgan fingerprint density at radius 2 is 1.74 bits per heavy atom. The minimum absolute atomic E-state index is 0.258. The monoisotopic (exact) mass is 259 g/mol. The predicted molar refractivity (Wildman–Crippen MR) is 77.9 cm³/mol. The van der Waals surface area contributed by atoms with Crippen LogP contribution < -0.4 is 5.73 Å². The number of benzene rings is 1. The number of nitrogens with two attached hydrogens (primary N) is 1. The highest BCUT2D eigenvalue weighted by Crippen LogP contribution is 2.47. The molecule has 0 amide bonds. The molecular formula is C17H25NO. The quantitative estimate of drug-likeness (QED) is 0.871. The van der Waals surface area contributed by atoms with Crippen LogP contribution in [0.15, 0.2) is 24.3 Å². The van der Waals surface area contributed by atoms with Gasteiger partial charge in [-0.25, -0.2) is 0 Å². The summed E-state index contributed by atoms with van der Waals surface area (Å²) in [5, 5.41) is 10.5. The van der Waals surface area contributed by atoms with Gasteiger partial charge in [0.05, 0.1) is 6.10 Å². The van der Waals surface area contributed by atoms with Crippen LogP contribution in [0.5, 0.6) is 0 Å². The van der Waals surface area contributed by atoms with Crippen LogP contribution in [0, 0.1) is 5.92 Å². The number of hydrogen-bond donors (Lipinski definition) is 2. The van der Waals surface area contributed by atoms with E-state index in [1.807, 2.05) is 0 Å². The average Bonchev–Trinajstić information content (AvgIpc) is 3.29. The van der Waals surface area contributed by atoms with Crippen LogP contribution in [-0.4, -0.2) is 11.7 Å². The molecule has 2 heteroatoms. The molecule has 1 aromatic carbocycles. The summed E-state index contributed by atoms with van der Waals surface area (Å²) in [6.45, 7) is 0.748. The summed E-state index contributed by atoms with van der Waals surface area (Å²) in [4.78, 5) is 0. The fourth-order valence-electron chi connectivity index (χ4n) is 3.52. The van der Waals surface area contributed by atoms with Crippen molar-refractivity contribution in [2.45, 2.75) is 56.5 Å². The Balaban J connectivity index is 1.71. The maximum Gasteiger partial charge on any atom is 0.0818 e. The first-order valence-electron chi connectivity index (χ1n) is 7.74. The second kappa shape index (κ2) is 5.26. The lowest BCUT2D eigenvalue weighted by molar-refractivity contribution is 0.0848. The Morgan fingerprint density at radius 1 is 1.11 bits per heavy atom. The van der Waals surface area contributed by atoms with Crippen LogP contribution in [0.1, 0.15) is 62.2 Å². The molecule has 2 aliphatic carbocycles. The van der Waals surface area contributed by atoms with Gasteiger partial charge in [0, 0.05) is 12.0 Å². The summed E-state index contributed by atoms with van der Waals surface area (Å²) in [6.07, 6.45) is 8.39. The molecule has 3 N–H and O–H groups in total. The molecule has 2 saturated carbocycles. The van der Waals surface area contributed by atoms with Gasteiger partial charge in [-0.2, -0.15) is 0 Å². The molecule has 2 fully saturated rings. The van der Waals surface area contributed by atoms with Crippen molar-refractivity contribution in [3.8, 4) is 0 Å². The van der Waals surface area contributed by atoms with E-state index in [-0.39, 0.29) is 11.5 Å². The van der Waals surface area contributed by atoms with Gasteiger partial charge in [-0.15, -0.1) is 0 Å². The van der Waals surface area contributed by atoms with Crippen LogP contribution >= 0.6 is 0 Å². The van der Waals surface area contributed by atoms with E-state index >= 15 is 0 Å². The third-order valence-corrected chi connectivity index (χ3v) is 5.21. The second-order valence-corrected chi connectivity index (χ2v) is 6.45. The highest BCUT2D eigenvalue weighted by atomic mass is 16.3. The van der Waals surface area contributed by atoms with Crippen molar-refractivity contribution in [3.63, 3.8) is 0 Å². The molecule has 1 unspecified atom stereocenters. The lowest BCUT2D eigenvalue weighted by atomic mass is 9.82. The fourth-order valence-corrected chi connectivity index (χ4v) is 3.52. The molecule has 0 aromatic heterocycles. The Kier molecular flexibility index (Phi) is 3.64. The molecule has 1 atom stereocenters. The van der Waals surface area contributed by atoms with E-state index in [1.54, 1.807) is 0 Å². The van der Waals surface area contributed by atoms with Gasteiger partial charge in [0.25, 0.3) is 0 Å². The lowest BCUT2D eigenvalue weighted by Gasteiger charge is -2.27. The molecule has 104 valence electrons. The third-order valence-electron chi connectivity index (χ3n) is 5.21. The van der Waals surface area contributed by atoms with Crippen LogP contribution in [0.4, 0.5) is 0 Å². The first-order chi connectivity index (χ1) is 9.25. The highest BCUT2D eigenvalue weighted by Gasteiger charge is 2.42. The largest absolute Gasteiger partial charge is 0.388 e. The summed E-state index contributed by atoms with van der Waals surface area (Å²) in [5.41, 5.74) is 8.57. The topological polar surface area (TPSA) is 46.2 Å². The Hall–Kier alpha value is -0.860. The Morgan fingerprint density at radius 3 is 2.26 bits per heavy atom. The van der Waals surface area contributed by atoms with Crippen molar-refractivity contribution in [1.29, 1.82) is 0 Å². The molecule has 0 heterocycles. The number of aliphatic hydroxyl groups excluding tert-OH is 1. The van der Waals surface area contributed by atoms with Crippen molar-refractivity contribution >= 4 is 0 Å². The molecule has 0 radical (unpaired) electrons. The van der Waals surface area contributed by atoms with Crippen molar-refractivity contribution < 1.29 is 5.11 Å². The first kappa shape index (κ1) is 13.1. The SMILES string of the molecule is NCC1(c2ccc(C(O)C3CCCCC3)cc2)CC1. The standard InChI is InChI=1S/C17H25NO/c18-12-17(10-11-17)15-8-6-14(7-9-15)16(19)13-4-2-1-3-5-13/h6-9,13,16,19H,1-5,10-12,18H2. The van der Waals surface area contributed by atoms with Crippen molar-refractivity contribution in [2.24, 2.45) is 11.7 Å². The Bertz CT molecular complexity index is 415. The lowest BCUT2D eigenvalue weighted by Crippen LogP contribution is -2.20. The maximum absolute atomic E-state index is 10.5. The summed E-state index contributed by atoms with van der Waals surface area (Å²) in [5.74, 6) is 0.462. The van der Waals surface area contributed by atoms with E-state index in [4.69, 9.17) is 5.73 Å². The molecule has 0 bridgehead atoms. The zero-order valence-corrected chi connectivity index (χ0v) is 11.6. The number of hydrogen-bond acceptors (Lipinski definition) is 2. The number of rotatable bonds is 4. The van der Waals surface area contributed by atoms with E-state index in [9.17, 15) is 5.11 Å². The maximum atomic E-state index is 10.5. The van der Waals surface area contributed by atoms with Crippen molar-refractivity contribution in [3.05, 3.63) is 35.4 Å². The molecular weight excluding hydrogens is 234 g/mol. The first-order valence-corrected chi connectivity index (χ1v) is 7.74. The zero-order valence-electron chi connectivity index (χ0n) is 11.6. The third kappa shape index (κ3) is 2.56. The van der Waals surface area contributed by atoms with Gasteiger partial charge in [-0.05, 0) is 42.7 Å². The molecule has 19 heavy (non-hydrogen) atoms. The minimum atomic E-state index is -0.276. The predicted octanol–water partition coefficient (Wildman–Crippen LogP) is 3.29. The van der Waals surface area contributed by atoms with Gasteiger partial charge in [0.2, 0.25) is 0 Å². The van der Waals surface area contributed by atoms with Crippen LogP contribution in [0.2, 0.25) is 0 Å². The van der Waals surface area contributed by atoms with Gasteiger partial charge in [0.15, 0.2) is 0 Å². The molecule has 2 nitrogen and oxygen atoms in total. The van der Waals surface area contributed by atoms with Gasteiger partial charge in [0.1, 0.15) is 0 Å². The van der Waals surface area contributed by atoms with E-state index < -0.39 is 0 Å². The van der Waals surface area contributed by atoms with Crippen molar-refractivity contribution in [1.82, 2.24) is 0 Å². The van der Waals surface area contributed by atoms with Gasteiger partial charge in [-0.1, -0.05) is 43.5 Å². The molecule has 1 aromatic rings. The van der Waals surface area contributed by atoms with E-state index in [0.717, 1.165) is 12.1 Å². The summed E-state index contributed by atoms with van der Waals surface area (Å²) >= 11 is 0. The molecule has 0 aliphatic heterocycles. The zero-order chi connectivity index (χ0) is 13.3. The van der Waals surface area contributed by atoms with E-state index in [0.29, 0.717) is 5.92 Å². The van der Waals surface area contributed by atoms with E-state index in [2.05, 4.69) is 24.3 Å². The van der Waals surface area contributed by atoms with Crippen molar-refractivity contribution in [2.75, 3.05) is 6.54 Å². The molecule has 0 spiro atoms. The van der Waals surface area contributed by atoms with Gasteiger partial charge in [-0.3, -0.25) is 0 Å². The second-order valence-electron chi connectivity index (χ2n) is 6.45. The highest BCUT2D eigenvalue weighted by molar-refractivity contribution is 5.35. The fraction of sp³-hybridized carbons (Fsp3) is 0.647. The summed E-state index contributed by atoms with van der Waals surface area (Å²) in [6, 6.07) is 8.59. The molecule has 2 aliphatic rings. The average molecular weight is 259 g/mol. The minimum Gasteiger partial charge on any atom is -0.388 e. The normalized spacial score (nSPS) is 24.1. The summed E-state index contributed by atoms with van der Waals surface area (Å²) < 4.78 is 0. The Labute approximate surface area is 116 Å². The smallest absolute Gasteiger partial charge is 0.0818 e. The van der Waals surface area contributed by atoms with E-state index in [1.165, 1.54) is 50.5 Å². The van der Waals surface area contributed by atoms with Crippen LogP contribution in [0.25, 0.3) is 0 Å². The molecule has 0 saturated heterocycles. The number of aliphatic hydroxyl groups is 1. The van der Waals surface area contributed by atoms with Crippen LogP contribution in [0.3, 0.4) is 0 Å². The van der Waals surface area contributed by atoms with Gasteiger partial charge >= 0.3 is 0 Å². The summed E-state index contributed by atoms with van der Waals surface area (Å²) in [7, 11) is 0.